The number of esters is 1. The second kappa shape index (κ2) is 12.1. The molecule has 0 rings (SSSR count). The number of carbonyl (C=O) groups is 1. The first-order valence-electron chi connectivity index (χ1n) is 4.14. The highest BCUT2D eigenvalue weighted by Gasteiger charge is 1.86. The van der Waals surface area contributed by atoms with Gasteiger partial charge in [0.15, 0.2) is 0 Å². The number of carbonyl (C=O) groups excluding carboxylic acids is 1. The molecule has 0 aromatic rings. The monoisotopic (exact) mass is 257 g/mol. The fourth-order valence-corrected chi connectivity index (χ4v) is 0.201. The molecule has 0 aromatic carbocycles. The van der Waals surface area contributed by atoms with Crippen molar-refractivity contribution in [3.05, 3.63) is 12.7 Å². The molecule has 0 radical (unpaired) electrons. The highest BCUT2D eigenvalue weighted by atomic mass is 32.3. The molecule has 7 nitrogen and oxygen atoms in total. The third kappa shape index (κ3) is 116. The van der Waals surface area contributed by atoms with Crippen LogP contribution in [-0.2, 0) is 19.9 Å². The van der Waals surface area contributed by atoms with Crippen molar-refractivity contribution in [2.75, 3.05) is 27.7 Å². The summed E-state index contributed by atoms with van der Waals surface area (Å²) in [6.07, 6.45) is 1.14. The molecular formula is C8H19NO6S. The third-order valence-electron chi connectivity index (χ3n) is 0.453. The SMILES string of the molecule is C=CC(=O)OCC.CN(C)C.O=S(=O)(O)O. The highest BCUT2D eigenvalue weighted by molar-refractivity contribution is 7.79. The molecule has 0 saturated carbocycles. The van der Waals surface area contributed by atoms with Crippen LogP contribution in [-0.4, -0.2) is 56.1 Å². The van der Waals surface area contributed by atoms with Crippen molar-refractivity contribution in [2.24, 2.45) is 0 Å². The number of rotatable bonds is 2. The van der Waals surface area contributed by atoms with Crippen molar-refractivity contribution in [1.29, 1.82) is 0 Å². The first kappa shape index (κ1) is 20.5. The quantitative estimate of drug-likeness (QED) is 0.415. The first-order chi connectivity index (χ1) is 7.04. The lowest BCUT2D eigenvalue weighted by Gasteiger charge is -1.90. The molecule has 0 fully saturated rings. The Morgan fingerprint density at radius 2 is 1.62 bits per heavy atom. The van der Waals surface area contributed by atoms with Crippen LogP contribution < -0.4 is 0 Å². The Kier molecular flexibility index (Phi) is 15.5. The zero-order valence-corrected chi connectivity index (χ0v) is 10.7. The summed E-state index contributed by atoms with van der Waals surface area (Å²) in [6.45, 7) is 5.38. The van der Waals surface area contributed by atoms with Gasteiger partial charge in [0.1, 0.15) is 0 Å². The van der Waals surface area contributed by atoms with Crippen LogP contribution in [0.3, 0.4) is 0 Å². The van der Waals surface area contributed by atoms with Crippen molar-refractivity contribution in [3.63, 3.8) is 0 Å². The number of hydrogen-bond donors (Lipinski definition) is 2. The lowest BCUT2D eigenvalue weighted by atomic mass is 10.6. The van der Waals surface area contributed by atoms with Gasteiger partial charge in [0.05, 0.1) is 6.61 Å². The maximum Gasteiger partial charge on any atom is 0.394 e. The number of hydrogen-bond acceptors (Lipinski definition) is 5. The van der Waals surface area contributed by atoms with E-state index >= 15 is 0 Å². The Balaban J connectivity index is -0.000000166. The van der Waals surface area contributed by atoms with E-state index in [0.29, 0.717) is 6.61 Å². The third-order valence-corrected chi connectivity index (χ3v) is 0.453. The van der Waals surface area contributed by atoms with Crippen LogP contribution in [0.4, 0.5) is 0 Å². The second-order valence-electron chi connectivity index (χ2n) is 2.75. The van der Waals surface area contributed by atoms with Crippen molar-refractivity contribution >= 4 is 16.4 Å². The van der Waals surface area contributed by atoms with Gasteiger partial charge < -0.3 is 9.64 Å². The molecule has 0 bridgehead atoms. The maximum absolute atomic E-state index is 10.1. The van der Waals surface area contributed by atoms with Crippen LogP contribution in [0.5, 0.6) is 0 Å². The molecule has 0 heterocycles. The molecule has 0 unspecified atom stereocenters. The minimum atomic E-state index is -4.67. The van der Waals surface area contributed by atoms with Crippen molar-refractivity contribution in [1.82, 2.24) is 4.90 Å². The van der Waals surface area contributed by atoms with E-state index in [-0.39, 0.29) is 5.97 Å². The van der Waals surface area contributed by atoms with Crippen LogP contribution in [0.2, 0.25) is 0 Å². The number of ether oxygens (including phenoxy) is 1. The van der Waals surface area contributed by atoms with Crippen LogP contribution in [0, 0.1) is 0 Å². The first-order valence-corrected chi connectivity index (χ1v) is 5.54. The Bertz CT molecular complexity index is 261. The fraction of sp³-hybridized carbons (Fsp3) is 0.625. The second-order valence-corrected chi connectivity index (χ2v) is 3.64. The van der Waals surface area contributed by atoms with E-state index in [1.807, 2.05) is 26.0 Å². The van der Waals surface area contributed by atoms with Crippen LogP contribution in [0.1, 0.15) is 6.92 Å². The standard InChI is InChI=1S/C5H8O2.C3H9N.H2O4S/c1-3-5(6)7-4-2;1-4(2)3;1-5(2,3)4/h3H,1,4H2,2H3;1-3H3;(H2,1,2,3,4). The Hall–Kier alpha value is -0.960. The van der Waals surface area contributed by atoms with Gasteiger partial charge in [0.25, 0.3) is 0 Å². The van der Waals surface area contributed by atoms with Gasteiger partial charge >= 0.3 is 16.4 Å². The predicted octanol–water partition coefficient (Wildman–Crippen LogP) is 0.261. The predicted molar refractivity (Wildman–Crippen MR) is 60.6 cm³/mol. The van der Waals surface area contributed by atoms with Gasteiger partial charge in [-0.1, -0.05) is 6.58 Å². The molecule has 0 aliphatic heterocycles. The summed E-state index contributed by atoms with van der Waals surface area (Å²) in [5, 5.41) is 0. The van der Waals surface area contributed by atoms with E-state index in [4.69, 9.17) is 17.5 Å². The zero-order chi connectivity index (χ0) is 13.8. The van der Waals surface area contributed by atoms with Crippen LogP contribution in [0.25, 0.3) is 0 Å². The minimum Gasteiger partial charge on any atom is -0.463 e. The smallest absolute Gasteiger partial charge is 0.394 e. The fourth-order valence-electron chi connectivity index (χ4n) is 0.201. The van der Waals surface area contributed by atoms with Gasteiger partial charge in [0.2, 0.25) is 0 Å². The minimum absolute atomic E-state index is 0.359. The summed E-state index contributed by atoms with van der Waals surface area (Å²) in [4.78, 5) is 12.1. The number of nitrogens with zero attached hydrogens (tertiary/aromatic N) is 1. The molecule has 2 N–H and O–H groups in total. The van der Waals surface area contributed by atoms with Gasteiger partial charge in [-0.05, 0) is 28.1 Å². The Morgan fingerprint density at radius 1 is 1.38 bits per heavy atom. The molecule has 8 heteroatoms. The normalized spacial score (nSPS) is 9.19. The van der Waals surface area contributed by atoms with Crippen LogP contribution >= 0.6 is 0 Å². The van der Waals surface area contributed by atoms with Gasteiger partial charge in [-0.2, -0.15) is 8.42 Å². The summed E-state index contributed by atoms with van der Waals surface area (Å²) >= 11 is 0. The summed E-state index contributed by atoms with van der Waals surface area (Å²) in [5.74, 6) is -0.359. The van der Waals surface area contributed by atoms with E-state index in [0.717, 1.165) is 6.08 Å². The zero-order valence-electron chi connectivity index (χ0n) is 9.87. The Morgan fingerprint density at radius 3 is 1.69 bits per heavy atom. The van der Waals surface area contributed by atoms with Gasteiger partial charge in [-0.25, -0.2) is 4.79 Å². The average molecular weight is 257 g/mol. The molecule has 0 atom stereocenters. The molecule has 0 aliphatic carbocycles. The van der Waals surface area contributed by atoms with Crippen molar-refractivity contribution in [3.8, 4) is 0 Å². The molecule has 0 aromatic heterocycles. The van der Waals surface area contributed by atoms with E-state index in [9.17, 15) is 4.79 Å². The molecule has 0 aliphatic rings. The topological polar surface area (TPSA) is 104 Å². The molecule has 16 heavy (non-hydrogen) atoms. The van der Waals surface area contributed by atoms with E-state index < -0.39 is 10.4 Å². The van der Waals surface area contributed by atoms with E-state index in [2.05, 4.69) is 11.3 Å². The van der Waals surface area contributed by atoms with Gasteiger partial charge in [-0.15, -0.1) is 0 Å². The molecule has 0 saturated heterocycles. The summed E-state index contributed by atoms with van der Waals surface area (Å²) < 4.78 is 36.0. The van der Waals surface area contributed by atoms with E-state index in [1.165, 1.54) is 0 Å². The van der Waals surface area contributed by atoms with Gasteiger partial charge in [0, 0.05) is 6.08 Å². The van der Waals surface area contributed by atoms with Crippen LogP contribution in [0.15, 0.2) is 12.7 Å². The van der Waals surface area contributed by atoms with Gasteiger partial charge in [-0.3, -0.25) is 9.11 Å². The average Bonchev–Trinajstić information content (AvgIpc) is 2.00. The van der Waals surface area contributed by atoms with Crippen molar-refractivity contribution < 1.29 is 27.1 Å². The lowest BCUT2D eigenvalue weighted by molar-refractivity contribution is -0.137. The molecule has 0 spiro atoms. The summed E-state index contributed by atoms with van der Waals surface area (Å²) in [5.41, 5.74) is 0. The molecule has 0 amide bonds. The largest absolute Gasteiger partial charge is 0.463 e. The Labute approximate surface area is 96.3 Å². The lowest BCUT2D eigenvalue weighted by Crippen LogP contribution is -1.99. The maximum atomic E-state index is 10.1. The highest BCUT2D eigenvalue weighted by Crippen LogP contribution is 1.74. The van der Waals surface area contributed by atoms with Crippen molar-refractivity contribution in [2.45, 2.75) is 6.92 Å². The van der Waals surface area contributed by atoms with E-state index in [1.54, 1.807) is 6.92 Å². The summed E-state index contributed by atoms with van der Waals surface area (Å²) in [6, 6.07) is 0. The molecule has 98 valence electrons. The molecular weight excluding hydrogens is 238 g/mol. The summed E-state index contributed by atoms with van der Waals surface area (Å²) in [7, 11) is 1.33.